The number of carbonyl (C=O) groups excluding carboxylic acids is 3. The molecule has 0 rings (SSSR count). The topological polar surface area (TPSA) is 235 Å². The van der Waals surface area contributed by atoms with Gasteiger partial charge in [0.05, 0.1) is 12.1 Å². The van der Waals surface area contributed by atoms with Crippen LogP contribution in [0.5, 0.6) is 0 Å². The Morgan fingerprint density at radius 3 is 1.97 bits per heavy atom. The van der Waals surface area contributed by atoms with Gasteiger partial charge in [-0.05, 0) is 32.6 Å². The SMILES string of the molecule is CC(NC(=O)C(NC(=O)C(N)C(C)C)C(C)O)C(=O)NC(CCCN=C(N)N)C(=O)O. The van der Waals surface area contributed by atoms with E-state index in [1.807, 2.05) is 0 Å². The van der Waals surface area contributed by atoms with Gasteiger partial charge in [-0.3, -0.25) is 19.4 Å². The summed E-state index contributed by atoms with van der Waals surface area (Å²) in [6.07, 6.45) is -0.888. The van der Waals surface area contributed by atoms with E-state index in [9.17, 15) is 29.4 Å². The summed E-state index contributed by atoms with van der Waals surface area (Å²) in [6.45, 7) is 6.29. The van der Waals surface area contributed by atoms with Gasteiger partial charge in [0.15, 0.2) is 5.96 Å². The Morgan fingerprint density at radius 2 is 1.52 bits per heavy atom. The summed E-state index contributed by atoms with van der Waals surface area (Å²) in [5, 5.41) is 26.2. The predicted molar refractivity (Wildman–Crippen MR) is 114 cm³/mol. The van der Waals surface area contributed by atoms with Gasteiger partial charge >= 0.3 is 5.97 Å². The van der Waals surface area contributed by atoms with Gasteiger partial charge in [-0.25, -0.2) is 4.79 Å². The highest BCUT2D eigenvalue weighted by atomic mass is 16.4. The van der Waals surface area contributed by atoms with E-state index in [1.165, 1.54) is 13.8 Å². The van der Waals surface area contributed by atoms with Crippen LogP contribution in [0.1, 0.15) is 40.5 Å². The number of nitrogens with one attached hydrogen (secondary N) is 3. The highest BCUT2D eigenvalue weighted by Crippen LogP contribution is 2.03. The van der Waals surface area contributed by atoms with Crippen LogP contribution in [-0.2, 0) is 19.2 Å². The van der Waals surface area contributed by atoms with Gasteiger partial charge in [0.1, 0.15) is 18.1 Å². The molecule has 0 aromatic heterocycles. The van der Waals surface area contributed by atoms with Crippen molar-refractivity contribution in [1.29, 1.82) is 0 Å². The lowest BCUT2D eigenvalue weighted by Gasteiger charge is -2.25. The molecule has 0 aromatic carbocycles. The highest BCUT2D eigenvalue weighted by Gasteiger charge is 2.31. The van der Waals surface area contributed by atoms with Crippen molar-refractivity contribution in [2.24, 2.45) is 28.1 Å². The quantitative estimate of drug-likeness (QED) is 0.0815. The minimum absolute atomic E-state index is 0.0674. The lowest BCUT2D eigenvalue weighted by Crippen LogP contribution is -2.59. The normalized spacial score (nSPS) is 15.7. The van der Waals surface area contributed by atoms with Crippen LogP contribution in [0.25, 0.3) is 0 Å². The molecule has 0 saturated carbocycles. The van der Waals surface area contributed by atoms with Crippen LogP contribution in [0.15, 0.2) is 4.99 Å². The molecule has 0 saturated heterocycles. The van der Waals surface area contributed by atoms with Crippen LogP contribution >= 0.6 is 0 Å². The molecule has 31 heavy (non-hydrogen) atoms. The standard InChI is InChI=1S/C18H35N7O6/c1-8(2)12(19)15(28)25-13(10(4)26)16(29)23-9(3)14(27)24-11(17(30)31)6-5-7-22-18(20)21/h8-13,26H,5-7,19H2,1-4H3,(H,23,29)(H,24,27)(H,25,28)(H,30,31)(H4,20,21,22). The summed E-state index contributed by atoms with van der Waals surface area (Å²) in [7, 11) is 0. The van der Waals surface area contributed by atoms with E-state index in [0.29, 0.717) is 6.42 Å². The van der Waals surface area contributed by atoms with Crippen molar-refractivity contribution in [2.45, 2.75) is 70.8 Å². The Labute approximate surface area is 181 Å². The largest absolute Gasteiger partial charge is 0.480 e. The van der Waals surface area contributed by atoms with Crippen molar-refractivity contribution in [2.75, 3.05) is 6.54 Å². The van der Waals surface area contributed by atoms with Gasteiger partial charge in [-0.1, -0.05) is 13.8 Å². The predicted octanol–water partition coefficient (Wildman–Crippen LogP) is -3.04. The van der Waals surface area contributed by atoms with E-state index < -0.39 is 54.0 Å². The van der Waals surface area contributed by atoms with Gasteiger partial charge < -0.3 is 43.4 Å². The number of rotatable bonds is 13. The number of aliphatic hydroxyl groups excluding tert-OH is 1. The van der Waals surface area contributed by atoms with Crippen LogP contribution < -0.4 is 33.2 Å². The van der Waals surface area contributed by atoms with Crippen molar-refractivity contribution in [1.82, 2.24) is 16.0 Å². The maximum atomic E-state index is 12.5. The lowest BCUT2D eigenvalue weighted by atomic mass is 10.0. The first kappa shape index (κ1) is 28.1. The molecular formula is C18H35N7O6. The van der Waals surface area contributed by atoms with Crippen molar-refractivity contribution >= 4 is 29.7 Å². The molecule has 0 fully saturated rings. The van der Waals surface area contributed by atoms with Crippen molar-refractivity contribution in [3.8, 4) is 0 Å². The molecule has 5 unspecified atom stereocenters. The Kier molecular flexibility index (Phi) is 12.1. The number of amides is 3. The fraction of sp³-hybridized carbons (Fsp3) is 0.722. The number of carboxylic acid groups (broad SMARTS) is 1. The summed E-state index contributed by atoms with van der Waals surface area (Å²) < 4.78 is 0. The number of nitrogens with zero attached hydrogens (tertiary/aromatic N) is 1. The molecule has 5 atom stereocenters. The maximum absolute atomic E-state index is 12.5. The number of aliphatic hydroxyl groups is 1. The first-order valence-electron chi connectivity index (χ1n) is 9.90. The zero-order valence-electron chi connectivity index (χ0n) is 18.3. The molecule has 178 valence electrons. The third-order valence-corrected chi connectivity index (χ3v) is 4.40. The molecule has 3 amide bonds. The third-order valence-electron chi connectivity index (χ3n) is 4.40. The van der Waals surface area contributed by atoms with E-state index in [-0.39, 0.29) is 24.8 Å². The van der Waals surface area contributed by atoms with Crippen LogP contribution in [-0.4, -0.2) is 76.7 Å². The molecule has 0 spiro atoms. The smallest absolute Gasteiger partial charge is 0.326 e. The number of guanidine groups is 1. The fourth-order valence-corrected chi connectivity index (χ4v) is 2.38. The summed E-state index contributed by atoms with van der Waals surface area (Å²) in [5.74, 6) is -3.77. The second-order valence-electron chi connectivity index (χ2n) is 7.58. The summed E-state index contributed by atoms with van der Waals surface area (Å²) >= 11 is 0. The highest BCUT2D eigenvalue weighted by molar-refractivity contribution is 5.94. The average molecular weight is 446 g/mol. The molecule has 0 aliphatic carbocycles. The first-order valence-corrected chi connectivity index (χ1v) is 9.90. The zero-order valence-corrected chi connectivity index (χ0v) is 18.3. The molecule has 0 bridgehead atoms. The average Bonchev–Trinajstić information content (AvgIpc) is 2.66. The molecule has 0 aliphatic rings. The second-order valence-corrected chi connectivity index (χ2v) is 7.58. The van der Waals surface area contributed by atoms with Gasteiger partial charge in [0.25, 0.3) is 0 Å². The van der Waals surface area contributed by atoms with Crippen molar-refractivity contribution in [3.05, 3.63) is 0 Å². The Balaban J connectivity index is 4.94. The third kappa shape index (κ3) is 10.6. The Morgan fingerprint density at radius 1 is 0.935 bits per heavy atom. The minimum Gasteiger partial charge on any atom is -0.480 e. The number of nitrogens with two attached hydrogens (primary N) is 3. The summed E-state index contributed by atoms with van der Waals surface area (Å²) in [6, 6.07) is -4.58. The van der Waals surface area contributed by atoms with Crippen molar-refractivity contribution < 1.29 is 29.4 Å². The molecule has 13 nitrogen and oxygen atoms in total. The van der Waals surface area contributed by atoms with Crippen LogP contribution in [0, 0.1) is 5.92 Å². The lowest BCUT2D eigenvalue weighted by molar-refractivity contribution is -0.142. The van der Waals surface area contributed by atoms with E-state index >= 15 is 0 Å². The summed E-state index contributed by atoms with van der Waals surface area (Å²) in [5.41, 5.74) is 16.1. The molecule has 11 N–H and O–H groups in total. The molecule has 0 heterocycles. The monoisotopic (exact) mass is 445 g/mol. The van der Waals surface area contributed by atoms with Gasteiger partial charge in [-0.15, -0.1) is 0 Å². The molecule has 0 radical (unpaired) electrons. The van der Waals surface area contributed by atoms with Gasteiger partial charge in [0.2, 0.25) is 17.7 Å². The van der Waals surface area contributed by atoms with Crippen LogP contribution in [0.4, 0.5) is 0 Å². The van der Waals surface area contributed by atoms with E-state index in [2.05, 4.69) is 20.9 Å². The second kappa shape index (κ2) is 13.4. The number of carbonyl (C=O) groups is 4. The molecule has 13 heteroatoms. The number of aliphatic imine (C=N–C) groups is 1. The van der Waals surface area contributed by atoms with Crippen LogP contribution in [0.3, 0.4) is 0 Å². The van der Waals surface area contributed by atoms with Gasteiger partial charge in [-0.2, -0.15) is 0 Å². The Bertz CT molecular complexity index is 664. The fourth-order valence-electron chi connectivity index (χ4n) is 2.38. The molecule has 0 aromatic rings. The number of hydrogen-bond acceptors (Lipinski definition) is 7. The van der Waals surface area contributed by atoms with Crippen LogP contribution in [0.2, 0.25) is 0 Å². The zero-order chi connectivity index (χ0) is 24.3. The molecular weight excluding hydrogens is 410 g/mol. The van der Waals surface area contributed by atoms with E-state index in [0.717, 1.165) is 0 Å². The number of carboxylic acids is 1. The first-order chi connectivity index (χ1) is 14.3. The number of hydrogen-bond donors (Lipinski definition) is 8. The summed E-state index contributed by atoms with van der Waals surface area (Å²) in [4.78, 5) is 52.0. The Hall–Kier alpha value is -2.93. The van der Waals surface area contributed by atoms with E-state index in [1.54, 1.807) is 13.8 Å². The maximum Gasteiger partial charge on any atom is 0.326 e. The molecule has 0 aliphatic heterocycles. The van der Waals surface area contributed by atoms with Gasteiger partial charge in [0, 0.05) is 6.54 Å². The van der Waals surface area contributed by atoms with Crippen molar-refractivity contribution in [3.63, 3.8) is 0 Å². The van der Waals surface area contributed by atoms with E-state index in [4.69, 9.17) is 17.2 Å². The minimum atomic E-state index is -1.34. The number of aliphatic carboxylic acids is 1.